The van der Waals surface area contributed by atoms with Crippen molar-refractivity contribution in [1.29, 1.82) is 0 Å². The summed E-state index contributed by atoms with van der Waals surface area (Å²) in [6, 6.07) is 4.95. The number of nitrogens with two attached hydrogens (primary N) is 1. The van der Waals surface area contributed by atoms with E-state index in [1.165, 1.54) is 6.07 Å². The van der Waals surface area contributed by atoms with E-state index in [1.807, 2.05) is 7.05 Å². The molecule has 0 bridgehead atoms. The largest absolute Gasteiger partial charge is 0.493 e. The van der Waals surface area contributed by atoms with Crippen molar-refractivity contribution in [2.45, 2.75) is 19.4 Å². The van der Waals surface area contributed by atoms with E-state index in [0.29, 0.717) is 43.2 Å². The number of hydrogen-bond donors (Lipinski definition) is 2. The molecule has 3 aromatic rings. The van der Waals surface area contributed by atoms with Gasteiger partial charge >= 0.3 is 0 Å². The molecule has 7 heteroatoms. The van der Waals surface area contributed by atoms with Crippen LogP contribution < -0.4 is 15.8 Å². The van der Waals surface area contributed by atoms with E-state index in [-0.39, 0.29) is 5.82 Å². The molecule has 0 spiro atoms. The summed E-state index contributed by atoms with van der Waals surface area (Å²) in [5.74, 6) is 0.884. The van der Waals surface area contributed by atoms with Crippen LogP contribution in [0.3, 0.4) is 0 Å². The van der Waals surface area contributed by atoms with Gasteiger partial charge in [-0.1, -0.05) is 0 Å². The van der Waals surface area contributed by atoms with Crippen molar-refractivity contribution >= 4 is 11.6 Å². The van der Waals surface area contributed by atoms with E-state index in [9.17, 15) is 4.39 Å². The fraction of sp³-hybridized carbons (Fsp3) is 0.294. The first kappa shape index (κ1) is 14.9. The Morgan fingerprint density at radius 1 is 1.38 bits per heavy atom. The van der Waals surface area contributed by atoms with Crippen LogP contribution in [0.5, 0.6) is 5.75 Å². The van der Waals surface area contributed by atoms with E-state index in [4.69, 9.17) is 10.5 Å². The van der Waals surface area contributed by atoms with Gasteiger partial charge in [-0.25, -0.2) is 14.4 Å². The Bertz CT molecular complexity index is 921. The molecule has 0 saturated carbocycles. The SMILES string of the molecule is CNCc1nc2ccnc(N)n2c1Cc1c(F)ccc2c1CCO2. The maximum absolute atomic E-state index is 14.5. The van der Waals surface area contributed by atoms with E-state index in [1.54, 1.807) is 22.7 Å². The van der Waals surface area contributed by atoms with Gasteiger partial charge in [0.1, 0.15) is 17.2 Å². The topological polar surface area (TPSA) is 77.5 Å². The minimum Gasteiger partial charge on any atom is -0.493 e. The van der Waals surface area contributed by atoms with E-state index >= 15 is 0 Å². The number of rotatable bonds is 4. The van der Waals surface area contributed by atoms with Crippen molar-refractivity contribution < 1.29 is 9.13 Å². The number of nitrogen functional groups attached to an aromatic ring is 1. The highest BCUT2D eigenvalue weighted by atomic mass is 19.1. The molecule has 3 heterocycles. The highest BCUT2D eigenvalue weighted by Gasteiger charge is 2.23. The summed E-state index contributed by atoms with van der Waals surface area (Å²) in [5.41, 5.74) is 10.0. The number of nitrogens with zero attached hydrogens (tertiary/aromatic N) is 3. The molecule has 3 N–H and O–H groups in total. The predicted molar refractivity (Wildman–Crippen MR) is 88.6 cm³/mol. The molecule has 0 saturated heterocycles. The van der Waals surface area contributed by atoms with Crippen LogP contribution in [-0.2, 0) is 19.4 Å². The first-order chi connectivity index (χ1) is 11.7. The van der Waals surface area contributed by atoms with Gasteiger partial charge < -0.3 is 15.8 Å². The summed E-state index contributed by atoms with van der Waals surface area (Å²) in [5, 5.41) is 3.10. The van der Waals surface area contributed by atoms with Gasteiger partial charge in [-0.3, -0.25) is 4.40 Å². The Kier molecular flexibility index (Phi) is 3.57. The molecule has 6 nitrogen and oxygen atoms in total. The van der Waals surface area contributed by atoms with Gasteiger partial charge in [0.05, 0.1) is 18.0 Å². The van der Waals surface area contributed by atoms with Crippen LogP contribution in [0.2, 0.25) is 0 Å². The highest BCUT2D eigenvalue weighted by molar-refractivity contribution is 5.51. The molecular formula is C17H18FN5O. The molecule has 124 valence electrons. The zero-order chi connectivity index (χ0) is 16.7. The van der Waals surface area contributed by atoms with Gasteiger partial charge in [0.2, 0.25) is 5.95 Å². The summed E-state index contributed by atoms with van der Waals surface area (Å²) < 4.78 is 21.9. The molecule has 0 amide bonds. The maximum atomic E-state index is 14.5. The van der Waals surface area contributed by atoms with Crippen LogP contribution in [0, 0.1) is 5.82 Å². The molecule has 24 heavy (non-hydrogen) atoms. The smallest absolute Gasteiger partial charge is 0.206 e. The molecule has 1 aliphatic heterocycles. The van der Waals surface area contributed by atoms with E-state index < -0.39 is 0 Å². The van der Waals surface area contributed by atoms with E-state index in [0.717, 1.165) is 22.7 Å². The van der Waals surface area contributed by atoms with Crippen LogP contribution in [0.25, 0.3) is 5.65 Å². The zero-order valence-corrected chi connectivity index (χ0v) is 13.3. The van der Waals surface area contributed by atoms with Gasteiger partial charge in [-0.05, 0) is 25.2 Å². The Labute approximate surface area is 138 Å². The molecule has 1 aromatic carbocycles. The second-order valence-electron chi connectivity index (χ2n) is 5.81. The second-order valence-corrected chi connectivity index (χ2v) is 5.81. The standard InChI is InChI=1S/C17H18FN5O/c1-20-9-13-14(23-16(22-13)4-6-21-17(23)19)8-11-10-5-7-24-15(10)3-2-12(11)18/h2-4,6,20H,5,7-9H2,1H3,(H2,19,21). The monoisotopic (exact) mass is 327 g/mol. The molecular weight excluding hydrogens is 309 g/mol. The lowest BCUT2D eigenvalue weighted by Gasteiger charge is -2.11. The summed E-state index contributed by atoms with van der Waals surface area (Å²) in [6.07, 6.45) is 2.74. The number of hydrogen-bond acceptors (Lipinski definition) is 5. The lowest BCUT2D eigenvalue weighted by molar-refractivity contribution is 0.356. The average molecular weight is 327 g/mol. The van der Waals surface area contributed by atoms with Crippen molar-refractivity contribution in [2.24, 2.45) is 0 Å². The number of ether oxygens (including phenoxy) is 1. The lowest BCUT2D eigenvalue weighted by atomic mass is 9.99. The normalized spacial score (nSPS) is 13.2. The van der Waals surface area contributed by atoms with Gasteiger partial charge in [-0.15, -0.1) is 0 Å². The first-order valence-corrected chi connectivity index (χ1v) is 7.87. The van der Waals surface area contributed by atoms with Crippen LogP contribution in [0.15, 0.2) is 24.4 Å². The number of nitrogens with one attached hydrogen (secondary N) is 1. The summed E-state index contributed by atoms with van der Waals surface area (Å²) in [4.78, 5) is 8.75. The minimum atomic E-state index is -0.230. The molecule has 4 rings (SSSR count). The van der Waals surface area contributed by atoms with Crippen molar-refractivity contribution in [1.82, 2.24) is 19.7 Å². The number of benzene rings is 1. The van der Waals surface area contributed by atoms with Crippen molar-refractivity contribution in [3.63, 3.8) is 0 Å². The summed E-state index contributed by atoms with van der Waals surface area (Å²) >= 11 is 0. The number of aromatic nitrogens is 3. The summed E-state index contributed by atoms with van der Waals surface area (Å²) in [7, 11) is 1.85. The third kappa shape index (κ3) is 2.28. The van der Waals surface area contributed by atoms with E-state index in [2.05, 4.69) is 15.3 Å². The molecule has 0 atom stereocenters. The molecule has 2 aromatic heterocycles. The van der Waals surface area contributed by atoms with Crippen LogP contribution >= 0.6 is 0 Å². The molecule has 0 radical (unpaired) electrons. The predicted octanol–water partition coefficient (Wildman–Crippen LogP) is 1.70. The fourth-order valence-corrected chi connectivity index (χ4v) is 3.29. The highest BCUT2D eigenvalue weighted by Crippen LogP contribution is 2.32. The van der Waals surface area contributed by atoms with Crippen molar-refractivity contribution in [2.75, 3.05) is 19.4 Å². The van der Waals surface area contributed by atoms with Gasteiger partial charge in [-0.2, -0.15) is 0 Å². The van der Waals surface area contributed by atoms with Gasteiger partial charge in [0, 0.05) is 36.7 Å². The Morgan fingerprint density at radius 2 is 2.25 bits per heavy atom. The molecule has 0 unspecified atom stereocenters. The molecule has 0 fully saturated rings. The third-order valence-corrected chi connectivity index (χ3v) is 4.37. The molecule has 1 aliphatic rings. The number of anilines is 1. The number of halogens is 1. The molecule has 0 aliphatic carbocycles. The maximum Gasteiger partial charge on any atom is 0.206 e. The quantitative estimate of drug-likeness (QED) is 0.762. The second kappa shape index (κ2) is 5.76. The van der Waals surface area contributed by atoms with Crippen molar-refractivity contribution in [3.05, 3.63) is 52.7 Å². The summed E-state index contributed by atoms with van der Waals surface area (Å²) in [6.45, 7) is 1.16. The lowest BCUT2D eigenvalue weighted by Crippen LogP contribution is -2.11. The Morgan fingerprint density at radius 3 is 3.08 bits per heavy atom. The number of fused-ring (bicyclic) bond motifs is 2. The Balaban J connectivity index is 1.89. The minimum absolute atomic E-state index is 0.230. The Hall–Kier alpha value is -2.67. The van der Waals surface area contributed by atoms with Crippen molar-refractivity contribution in [3.8, 4) is 5.75 Å². The third-order valence-electron chi connectivity index (χ3n) is 4.37. The average Bonchev–Trinajstić information content (AvgIpc) is 3.16. The van der Waals surface area contributed by atoms with Gasteiger partial charge in [0.25, 0.3) is 0 Å². The zero-order valence-electron chi connectivity index (χ0n) is 13.3. The van der Waals surface area contributed by atoms with Gasteiger partial charge in [0.15, 0.2) is 0 Å². The van der Waals surface area contributed by atoms with Crippen LogP contribution in [-0.4, -0.2) is 28.0 Å². The van der Waals surface area contributed by atoms with Crippen LogP contribution in [0.4, 0.5) is 10.3 Å². The number of imidazole rings is 1. The first-order valence-electron chi connectivity index (χ1n) is 7.87. The van der Waals surface area contributed by atoms with Crippen LogP contribution in [0.1, 0.15) is 22.5 Å². The fourth-order valence-electron chi connectivity index (χ4n) is 3.29.